The molecule has 1 N–H and O–H groups in total. The molecule has 0 radical (unpaired) electrons. The molecule has 1 aromatic carbocycles. The highest BCUT2D eigenvalue weighted by Crippen LogP contribution is 2.24. The van der Waals surface area contributed by atoms with Gasteiger partial charge in [0.2, 0.25) is 15.9 Å². The van der Waals surface area contributed by atoms with Gasteiger partial charge in [-0.05, 0) is 32.0 Å². The van der Waals surface area contributed by atoms with Gasteiger partial charge in [-0.15, -0.1) is 0 Å². The number of rotatable bonds is 6. The van der Waals surface area contributed by atoms with Gasteiger partial charge >= 0.3 is 0 Å². The van der Waals surface area contributed by atoms with Gasteiger partial charge in [-0.2, -0.15) is 0 Å². The monoisotopic (exact) mass is 377 g/mol. The van der Waals surface area contributed by atoms with Crippen molar-refractivity contribution in [3.05, 3.63) is 65.4 Å². The first-order valence-corrected chi connectivity index (χ1v) is 9.15. The molecule has 0 amide bonds. The number of hydrogen-bond donors (Lipinski definition) is 1. The maximum Gasteiger partial charge on any atom is 0.246 e. The van der Waals surface area contributed by atoms with Gasteiger partial charge in [-0.3, -0.25) is 0 Å². The van der Waals surface area contributed by atoms with Crippen LogP contribution in [0.15, 0.2) is 52.0 Å². The second-order valence-corrected chi connectivity index (χ2v) is 7.21. The lowest BCUT2D eigenvalue weighted by Crippen LogP contribution is -2.24. The second kappa shape index (κ2) is 7.22. The zero-order chi connectivity index (χ0) is 18.7. The summed E-state index contributed by atoms with van der Waals surface area (Å²) >= 11 is 0. The maximum absolute atomic E-state index is 13.3. The highest BCUT2D eigenvalue weighted by molar-refractivity contribution is 7.89. The van der Waals surface area contributed by atoms with Crippen LogP contribution in [0.3, 0.4) is 0 Å². The summed E-state index contributed by atoms with van der Waals surface area (Å²) in [7, 11) is -3.82. The first-order chi connectivity index (χ1) is 12.4. The van der Waals surface area contributed by atoms with Crippen molar-refractivity contribution in [3.63, 3.8) is 0 Å². The molecule has 2 aromatic heterocycles. The molecule has 7 nitrogen and oxygen atoms in total. The summed E-state index contributed by atoms with van der Waals surface area (Å²) in [5.41, 5.74) is 0.768. The lowest BCUT2D eigenvalue weighted by atomic mass is 10.3. The van der Waals surface area contributed by atoms with Crippen molar-refractivity contribution in [2.45, 2.75) is 25.3 Å². The molecular weight excluding hydrogens is 361 g/mol. The molecule has 0 fully saturated rings. The molecule has 3 rings (SSSR count). The number of nitrogens with one attached hydrogen (secondary N) is 1. The van der Waals surface area contributed by atoms with E-state index in [9.17, 15) is 12.8 Å². The smallest absolute Gasteiger partial charge is 0.246 e. The molecule has 0 spiro atoms. The van der Waals surface area contributed by atoms with Crippen molar-refractivity contribution in [2.75, 3.05) is 0 Å². The minimum absolute atomic E-state index is 0.00832. The van der Waals surface area contributed by atoms with E-state index in [-0.39, 0.29) is 34.5 Å². The Hall–Kier alpha value is -2.78. The Morgan fingerprint density at radius 2 is 2.04 bits per heavy atom. The van der Waals surface area contributed by atoms with E-state index in [0.29, 0.717) is 5.56 Å². The third-order valence-corrected chi connectivity index (χ3v) is 5.19. The third kappa shape index (κ3) is 3.89. The van der Waals surface area contributed by atoms with E-state index >= 15 is 0 Å². The lowest BCUT2D eigenvalue weighted by molar-refractivity contribution is 0.390. The summed E-state index contributed by atoms with van der Waals surface area (Å²) in [5.74, 6) is 0.203. The Balaban J connectivity index is 1.81. The average molecular weight is 377 g/mol. The number of benzene rings is 1. The van der Waals surface area contributed by atoms with Crippen LogP contribution >= 0.6 is 0 Å². The first kappa shape index (κ1) is 18.0. The van der Waals surface area contributed by atoms with E-state index in [2.05, 4.69) is 14.9 Å². The first-order valence-electron chi connectivity index (χ1n) is 7.66. The van der Waals surface area contributed by atoms with E-state index < -0.39 is 15.8 Å². The molecule has 0 saturated carbocycles. The molecule has 0 unspecified atom stereocenters. The molecule has 0 aliphatic heterocycles. The van der Waals surface area contributed by atoms with Gasteiger partial charge in [0.15, 0.2) is 5.76 Å². The number of pyridine rings is 1. The summed E-state index contributed by atoms with van der Waals surface area (Å²) in [5, 5.41) is 3.65. The second-order valence-electron chi connectivity index (χ2n) is 5.50. The van der Waals surface area contributed by atoms with Crippen molar-refractivity contribution >= 4 is 10.0 Å². The fourth-order valence-electron chi connectivity index (χ4n) is 2.40. The summed E-state index contributed by atoms with van der Waals surface area (Å²) in [6.07, 6.45) is 1.50. The molecule has 0 aliphatic rings. The fourth-order valence-corrected chi connectivity index (χ4v) is 3.73. The zero-order valence-electron chi connectivity index (χ0n) is 14.1. The van der Waals surface area contributed by atoms with Crippen LogP contribution in [0.2, 0.25) is 0 Å². The number of sulfonamides is 1. The van der Waals surface area contributed by atoms with Crippen LogP contribution < -0.4 is 9.46 Å². The Kier molecular flexibility index (Phi) is 5.01. The zero-order valence-corrected chi connectivity index (χ0v) is 14.9. The standard InChI is InChI=1S/C17H16FN3O4S/c1-11-16(12(2)25-21-11)26(22,23)20-10-13-5-4-8-19-17(13)24-15-7-3-6-14(18)9-15/h3-9,20H,10H2,1-2H3. The maximum atomic E-state index is 13.3. The van der Waals surface area contributed by atoms with E-state index in [4.69, 9.17) is 9.26 Å². The van der Waals surface area contributed by atoms with Crippen LogP contribution in [0.4, 0.5) is 4.39 Å². The van der Waals surface area contributed by atoms with Crippen molar-refractivity contribution in [2.24, 2.45) is 0 Å². The van der Waals surface area contributed by atoms with Crippen LogP contribution in [-0.4, -0.2) is 18.6 Å². The number of halogens is 1. The average Bonchev–Trinajstić information content (AvgIpc) is 2.93. The largest absolute Gasteiger partial charge is 0.439 e. The SMILES string of the molecule is Cc1noc(C)c1S(=O)(=O)NCc1cccnc1Oc1cccc(F)c1. The van der Waals surface area contributed by atoms with Crippen LogP contribution in [0, 0.1) is 19.7 Å². The Labute approximate surface area is 149 Å². The normalized spacial score (nSPS) is 11.5. The highest BCUT2D eigenvalue weighted by Gasteiger charge is 2.24. The number of hydrogen-bond acceptors (Lipinski definition) is 6. The molecular formula is C17H16FN3O4S. The topological polar surface area (TPSA) is 94.3 Å². The molecule has 136 valence electrons. The summed E-state index contributed by atoms with van der Waals surface area (Å²) < 4.78 is 51.3. The number of ether oxygens (including phenoxy) is 1. The van der Waals surface area contributed by atoms with E-state index in [1.54, 1.807) is 25.1 Å². The van der Waals surface area contributed by atoms with Crippen LogP contribution in [0.25, 0.3) is 0 Å². The number of aromatic nitrogens is 2. The fraction of sp³-hybridized carbons (Fsp3) is 0.176. The van der Waals surface area contributed by atoms with Gasteiger partial charge in [-0.25, -0.2) is 22.5 Å². The highest BCUT2D eigenvalue weighted by atomic mass is 32.2. The van der Waals surface area contributed by atoms with Gasteiger partial charge in [0, 0.05) is 24.4 Å². The molecule has 0 bridgehead atoms. The molecule has 26 heavy (non-hydrogen) atoms. The molecule has 0 saturated heterocycles. The van der Waals surface area contributed by atoms with E-state index in [1.165, 1.54) is 31.3 Å². The van der Waals surface area contributed by atoms with Gasteiger partial charge in [-0.1, -0.05) is 17.3 Å². The van der Waals surface area contributed by atoms with Crippen molar-refractivity contribution in [1.29, 1.82) is 0 Å². The summed E-state index contributed by atoms with van der Waals surface area (Å²) in [6.45, 7) is 3.01. The number of aryl methyl sites for hydroxylation is 2. The quantitative estimate of drug-likeness (QED) is 0.709. The predicted molar refractivity (Wildman–Crippen MR) is 90.7 cm³/mol. The van der Waals surface area contributed by atoms with Crippen molar-refractivity contribution in [1.82, 2.24) is 14.9 Å². The van der Waals surface area contributed by atoms with Gasteiger partial charge in [0.1, 0.15) is 22.2 Å². The Morgan fingerprint density at radius 1 is 1.23 bits per heavy atom. The summed E-state index contributed by atoms with van der Waals surface area (Å²) in [4.78, 5) is 4.10. The minimum atomic E-state index is -3.82. The van der Waals surface area contributed by atoms with Gasteiger partial charge < -0.3 is 9.26 Å². The molecule has 2 heterocycles. The van der Waals surface area contributed by atoms with Gasteiger partial charge in [0.05, 0.1) is 0 Å². The van der Waals surface area contributed by atoms with E-state index in [0.717, 1.165) is 0 Å². The predicted octanol–water partition coefficient (Wildman–Crippen LogP) is 3.10. The number of nitrogens with zero attached hydrogens (tertiary/aromatic N) is 2. The van der Waals surface area contributed by atoms with Crippen molar-refractivity contribution in [3.8, 4) is 11.6 Å². The van der Waals surface area contributed by atoms with Gasteiger partial charge in [0.25, 0.3) is 0 Å². The van der Waals surface area contributed by atoms with Crippen LogP contribution in [0.5, 0.6) is 11.6 Å². The molecule has 9 heteroatoms. The molecule has 3 aromatic rings. The Morgan fingerprint density at radius 3 is 2.73 bits per heavy atom. The van der Waals surface area contributed by atoms with Crippen molar-refractivity contribution < 1.29 is 22.1 Å². The van der Waals surface area contributed by atoms with E-state index in [1.807, 2.05) is 0 Å². The third-order valence-electron chi connectivity index (χ3n) is 3.55. The summed E-state index contributed by atoms with van der Waals surface area (Å²) in [6, 6.07) is 8.91. The van der Waals surface area contributed by atoms with Crippen LogP contribution in [-0.2, 0) is 16.6 Å². The molecule has 0 aliphatic carbocycles. The molecule has 0 atom stereocenters. The Bertz CT molecular complexity index is 1010. The lowest BCUT2D eigenvalue weighted by Gasteiger charge is -2.11. The van der Waals surface area contributed by atoms with Crippen LogP contribution in [0.1, 0.15) is 17.0 Å². The minimum Gasteiger partial charge on any atom is -0.439 e.